The maximum Gasteiger partial charge on any atom is 0.344 e. The van der Waals surface area contributed by atoms with E-state index in [1.165, 1.54) is 11.3 Å². The van der Waals surface area contributed by atoms with Gasteiger partial charge in [-0.3, -0.25) is 0 Å². The molecular weight excluding hydrogens is 200 g/mol. The van der Waals surface area contributed by atoms with Gasteiger partial charge in [0.05, 0.1) is 5.39 Å². The van der Waals surface area contributed by atoms with Gasteiger partial charge in [-0.05, 0) is 31.4 Å². The highest BCUT2D eigenvalue weighted by molar-refractivity contribution is 7.17. The zero-order valence-electron chi connectivity index (χ0n) is 7.90. The highest BCUT2D eigenvalue weighted by Gasteiger charge is 2.20. The van der Waals surface area contributed by atoms with Gasteiger partial charge in [0.2, 0.25) is 0 Å². The van der Waals surface area contributed by atoms with Crippen LogP contribution in [0.2, 0.25) is 0 Å². The van der Waals surface area contributed by atoms with Crippen molar-refractivity contribution in [2.75, 3.05) is 0 Å². The van der Waals surface area contributed by atoms with Crippen LogP contribution in [0.5, 0.6) is 0 Å². The Labute approximate surface area is 84.6 Å². The molecule has 0 saturated heterocycles. The molecule has 2 rings (SSSR count). The Bertz CT molecular complexity index is 516. The molecule has 0 saturated carbocycles. The number of fused-ring (bicyclic) bond motifs is 1. The van der Waals surface area contributed by atoms with Crippen LogP contribution in [0.3, 0.4) is 0 Å². The van der Waals surface area contributed by atoms with Crippen molar-refractivity contribution in [1.82, 2.24) is 0 Å². The van der Waals surface area contributed by atoms with Crippen molar-refractivity contribution in [3.8, 4) is 0 Å². The Hall–Kier alpha value is -1.13. The van der Waals surface area contributed by atoms with Gasteiger partial charge in [0, 0.05) is 4.70 Å². The van der Waals surface area contributed by atoms with Crippen LogP contribution in [0, 0.1) is 0 Å². The topological polar surface area (TPSA) is 50.4 Å². The predicted molar refractivity (Wildman–Crippen MR) is 55.6 cm³/mol. The summed E-state index contributed by atoms with van der Waals surface area (Å²) < 4.78 is 5.86. The van der Waals surface area contributed by atoms with E-state index in [0.29, 0.717) is 11.1 Å². The maximum atomic E-state index is 11.4. The molecule has 0 amide bonds. The molecule has 4 heteroatoms. The molecule has 0 aliphatic carbocycles. The minimum atomic E-state index is -1.11. The molecule has 0 bridgehead atoms. The summed E-state index contributed by atoms with van der Waals surface area (Å²) in [6.45, 7) is 3.18. The third-order valence-corrected chi connectivity index (χ3v) is 2.85. The molecule has 1 N–H and O–H groups in total. The van der Waals surface area contributed by atoms with Crippen LogP contribution in [0.4, 0.5) is 0 Å². The minimum absolute atomic E-state index is 0.303. The molecule has 0 aromatic carbocycles. The van der Waals surface area contributed by atoms with Crippen molar-refractivity contribution in [2.45, 2.75) is 19.4 Å². The first-order valence-corrected chi connectivity index (χ1v) is 5.10. The Morgan fingerprint density at radius 1 is 1.50 bits per heavy atom. The molecule has 3 nitrogen and oxygen atoms in total. The van der Waals surface area contributed by atoms with E-state index in [1.807, 2.05) is 5.38 Å². The Kier molecular flexibility index (Phi) is 1.97. The van der Waals surface area contributed by atoms with Gasteiger partial charge < -0.3 is 9.52 Å². The van der Waals surface area contributed by atoms with Crippen molar-refractivity contribution in [3.63, 3.8) is 0 Å². The molecule has 0 aliphatic rings. The maximum absolute atomic E-state index is 11.4. The lowest BCUT2D eigenvalue weighted by molar-refractivity contribution is 0.0512. The first-order chi connectivity index (χ1) is 6.48. The Morgan fingerprint density at radius 2 is 2.21 bits per heavy atom. The lowest BCUT2D eigenvalue weighted by Crippen LogP contribution is -2.17. The van der Waals surface area contributed by atoms with E-state index in [9.17, 15) is 9.90 Å². The third kappa shape index (κ3) is 1.47. The fourth-order valence-corrected chi connectivity index (χ4v) is 2.01. The molecule has 0 aliphatic heterocycles. The zero-order valence-corrected chi connectivity index (χ0v) is 8.72. The molecule has 2 heterocycles. The molecular formula is C10H10O3S. The quantitative estimate of drug-likeness (QED) is 0.784. The fraction of sp³-hybridized carbons (Fsp3) is 0.300. The smallest absolute Gasteiger partial charge is 0.344 e. The predicted octanol–water partition coefficient (Wildman–Crippen LogP) is 2.08. The third-order valence-electron chi connectivity index (χ3n) is 1.98. The van der Waals surface area contributed by atoms with Crippen molar-refractivity contribution < 1.29 is 9.52 Å². The summed E-state index contributed by atoms with van der Waals surface area (Å²) in [6, 6.07) is 3.43. The van der Waals surface area contributed by atoms with E-state index in [1.54, 1.807) is 26.0 Å². The normalized spacial score (nSPS) is 12.2. The van der Waals surface area contributed by atoms with E-state index in [0.717, 1.165) is 4.70 Å². The summed E-state index contributed by atoms with van der Waals surface area (Å²) in [7, 11) is 0. The summed E-state index contributed by atoms with van der Waals surface area (Å²) in [5.74, 6) is 0.303. The first-order valence-electron chi connectivity index (χ1n) is 4.23. The van der Waals surface area contributed by atoms with Gasteiger partial charge in [0.1, 0.15) is 11.4 Å². The van der Waals surface area contributed by atoms with Crippen LogP contribution in [0.25, 0.3) is 10.1 Å². The van der Waals surface area contributed by atoms with E-state index in [-0.39, 0.29) is 5.63 Å². The summed E-state index contributed by atoms with van der Waals surface area (Å²) >= 11 is 1.46. The number of rotatable bonds is 1. The number of thiophene rings is 1. The molecule has 0 unspecified atom stereocenters. The SMILES string of the molecule is CC(C)(O)c1cc2sccc2c(=O)o1. The van der Waals surface area contributed by atoms with Crippen molar-refractivity contribution in [3.05, 3.63) is 33.7 Å². The van der Waals surface area contributed by atoms with Gasteiger partial charge >= 0.3 is 5.63 Å². The highest BCUT2D eigenvalue weighted by Crippen LogP contribution is 2.24. The molecule has 2 aromatic rings. The monoisotopic (exact) mass is 210 g/mol. The lowest BCUT2D eigenvalue weighted by atomic mass is 10.1. The fourth-order valence-electron chi connectivity index (χ4n) is 1.21. The van der Waals surface area contributed by atoms with Crippen molar-refractivity contribution >= 4 is 21.4 Å². The second-order valence-corrected chi connectivity index (χ2v) is 4.60. The number of hydrogen-bond donors (Lipinski definition) is 1. The average Bonchev–Trinajstić information content (AvgIpc) is 2.50. The van der Waals surface area contributed by atoms with Gasteiger partial charge in [0.25, 0.3) is 0 Å². The van der Waals surface area contributed by atoms with Crippen LogP contribution < -0.4 is 5.63 Å². The largest absolute Gasteiger partial charge is 0.424 e. The van der Waals surface area contributed by atoms with Gasteiger partial charge in [-0.25, -0.2) is 4.79 Å². The highest BCUT2D eigenvalue weighted by atomic mass is 32.1. The summed E-state index contributed by atoms with van der Waals surface area (Å²) in [5, 5.41) is 12.1. The molecule has 2 aromatic heterocycles. The average molecular weight is 210 g/mol. The van der Waals surface area contributed by atoms with Crippen LogP contribution in [0.1, 0.15) is 19.6 Å². The molecule has 74 valence electrons. The zero-order chi connectivity index (χ0) is 10.3. The second kappa shape index (κ2) is 2.93. The van der Waals surface area contributed by atoms with E-state index in [4.69, 9.17) is 4.42 Å². The van der Waals surface area contributed by atoms with Crippen molar-refractivity contribution in [1.29, 1.82) is 0 Å². The number of hydrogen-bond acceptors (Lipinski definition) is 4. The molecule has 14 heavy (non-hydrogen) atoms. The van der Waals surface area contributed by atoms with Crippen LogP contribution in [0.15, 0.2) is 26.7 Å². The minimum Gasteiger partial charge on any atom is -0.424 e. The van der Waals surface area contributed by atoms with Gasteiger partial charge in [-0.1, -0.05) is 0 Å². The molecule has 0 radical (unpaired) electrons. The van der Waals surface area contributed by atoms with Crippen LogP contribution >= 0.6 is 11.3 Å². The van der Waals surface area contributed by atoms with Gasteiger partial charge in [-0.2, -0.15) is 0 Å². The second-order valence-electron chi connectivity index (χ2n) is 3.66. The molecule has 0 atom stereocenters. The van der Waals surface area contributed by atoms with E-state index >= 15 is 0 Å². The first kappa shape index (κ1) is 9.43. The standard InChI is InChI=1S/C10H10O3S/c1-10(2,12)8-5-7-6(3-4-14-7)9(11)13-8/h3-5,12H,1-2H3. The van der Waals surface area contributed by atoms with Crippen molar-refractivity contribution in [2.24, 2.45) is 0 Å². The molecule has 0 spiro atoms. The Balaban J connectivity index is 2.77. The number of aliphatic hydroxyl groups is 1. The summed E-state index contributed by atoms with van der Waals surface area (Å²) in [6.07, 6.45) is 0. The lowest BCUT2D eigenvalue weighted by Gasteiger charge is -2.14. The molecule has 0 fully saturated rings. The van der Waals surface area contributed by atoms with Crippen LogP contribution in [-0.4, -0.2) is 5.11 Å². The Morgan fingerprint density at radius 3 is 2.86 bits per heavy atom. The van der Waals surface area contributed by atoms with Gasteiger partial charge in [0.15, 0.2) is 0 Å². The van der Waals surface area contributed by atoms with Crippen LogP contribution in [-0.2, 0) is 5.60 Å². The summed E-state index contributed by atoms with van der Waals surface area (Å²) in [5.41, 5.74) is -1.50. The van der Waals surface area contributed by atoms with E-state index in [2.05, 4.69) is 0 Å². The summed E-state index contributed by atoms with van der Waals surface area (Å²) in [4.78, 5) is 11.4. The van der Waals surface area contributed by atoms with Gasteiger partial charge in [-0.15, -0.1) is 11.3 Å². The van der Waals surface area contributed by atoms with E-state index < -0.39 is 5.60 Å².